The van der Waals surface area contributed by atoms with E-state index in [2.05, 4.69) is 89.5 Å². The van der Waals surface area contributed by atoms with Gasteiger partial charge in [0.05, 0.1) is 0 Å². The highest BCUT2D eigenvalue weighted by Crippen LogP contribution is 2.32. The molecule has 5 nitrogen and oxygen atoms in total. The molecule has 1 fully saturated rings. The first-order valence-corrected chi connectivity index (χ1v) is 13.3. The topological polar surface area (TPSA) is 36.0 Å². The van der Waals surface area contributed by atoms with Crippen LogP contribution < -0.4 is 4.90 Å². The van der Waals surface area contributed by atoms with Gasteiger partial charge in [0, 0.05) is 50.5 Å². The minimum absolute atomic E-state index is 0.105. The molecular formula is C31H37N3O2. The second-order valence-electron chi connectivity index (χ2n) is 10.1. The summed E-state index contributed by atoms with van der Waals surface area (Å²) >= 11 is 0. The molecule has 1 amide bonds. The van der Waals surface area contributed by atoms with Gasteiger partial charge in [-0.05, 0) is 48.9 Å². The Bertz CT molecular complexity index is 1070. The van der Waals surface area contributed by atoms with E-state index in [-0.39, 0.29) is 12.1 Å². The molecular weight excluding hydrogens is 446 g/mol. The lowest BCUT2D eigenvalue weighted by atomic mass is 10.0. The predicted octanol–water partition coefficient (Wildman–Crippen LogP) is 5.74. The number of fused-ring (bicyclic) bond motifs is 1. The van der Waals surface area contributed by atoms with Gasteiger partial charge >= 0.3 is 6.09 Å². The molecule has 3 aromatic carbocycles. The van der Waals surface area contributed by atoms with Crippen molar-refractivity contribution in [1.82, 2.24) is 9.80 Å². The maximum atomic E-state index is 12.9. The Labute approximate surface area is 215 Å². The molecule has 3 aromatic rings. The fourth-order valence-electron chi connectivity index (χ4n) is 5.50. The van der Waals surface area contributed by atoms with Crippen LogP contribution in [0.25, 0.3) is 0 Å². The first kappa shape index (κ1) is 24.4. The van der Waals surface area contributed by atoms with Gasteiger partial charge in [0.25, 0.3) is 0 Å². The highest BCUT2D eigenvalue weighted by Gasteiger charge is 2.31. The summed E-state index contributed by atoms with van der Waals surface area (Å²) in [7, 11) is 0. The number of carbonyl (C=O) groups excluding carboxylic acids is 1. The molecule has 0 unspecified atom stereocenters. The van der Waals surface area contributed by atoms with Gasteiger partial charge in [-0.15, -0.1) is 0 Å². The first-order valence-electron chi connectivity index (χ1n) is 13.3. The third-order valence-electron chi connectivity index (χ3n) is 7.61. The number of hydrogen-bond donors (Lipinski definition) is 0. The highest BCUT2D eigenvalue weighted by atomic mass is 16.6. The molecule has 0 N–H and O–H groups in total. The zero-order valence-electron chi connectivity index (χ0n) is 21.3. The molecule has 2 aliphatic rings. The molecule has 36 heavy (non-hydrogen) atoms. The molecule has 0 spiro atoms. The van der Waals surface area contributed by atoms with Crippen LogP contribution >= 0.6 is 0 Å². The first-order chi connectivity index (χ1) is 17.7. The van der Waals surface area contributed by atoms with Crippen molar-refractivity contribution < 1.29 is 9.53 Å². The third-order valence-corrected chi connectivity index (χ3v) is 7.61. The quantitative estimate of drug-likeness (QED) is 0.409. The lowest BCUT2D eigenvalue weighted by Crippen LogP contribution is -2.47. The Balaban J connectivity index is 1.13. The lowest BCUT2D eigenvalue weighted by molar-refractivity contribution is 0.0588. The number of hydrogen-bond acceptors (Lipinski definition) is 4. The van der Waals surface area contributed by atoms with Crippen molar-refractivity contribution in [3.63, 3.8) is 0 Å². The van der Waals surface area contributed by atoms with Gasteiger partial charge in [0.2, 0.25) is 0 Å². The summed E-state index contributed by atoms with van der Waals surface area (Å²) in [6.07, 6.45) is 2.93. The van der Waals surface area contributed by atoms with Gasteiger partial charge in [-0.3, -0.25) is 4.90 Å². The van der Waals surface area contributed by atoms with E-state index in [1.807, 2.05) is 17.0 Å². The van der Waals surface area contributed by atoms with Gasteiger partial charge in [-0.25, -0.2) is 4.79 Å². The second-order valence-corrected chi connectivity index (χ2v) is 10.1. The van der Waals surface area contributed by atoms with E-state index in [4.69, 9.17) is 4.74 Å². The SMILES string of the molecule is C[C@@H](COC(=O)N1CCC(N2CCc3ccccc32)CC1)N(Cc1ccccc1)Cc1ccccc1. The standard InChI is InChI=1S/C31H37N3O2/c1-25(33(22-26-10-4-2-5-11-26)23-27-12-6-3-7-13-27)24-36-31(35)32-19-17-29(18-20-32)34-21-16-28-14-8-9-15-30(28)34/h2-15,25,29H,16-24H2,1H3/t25-/m0/s1. The normalized spacial score (nSPS) is 16.7. The summed E-state index contributed by atoms with van der Waals surface area (Å²) in [5.41, 5.74) is 5.35. The number of amides is 1. The summed E-state index contributed by atoms with van der Waals surface area (Å²) in [6, 6.07) is 30.3. The zero-order chi connectivity index (χ0) is 24.7. The van der Waals surface area contributed by atoms with E-state index in [9.17, 15) is 4.79 Å². The maximum Gasteiger partial charge on any atom is 0.409 e. The van der Waals surface area contributed by atoms with Gasteiger partial charge < -0.3 is 14.5 Å². The molecule has 0 saturated carbocycles. The summed E-state index contributed by atoms with van der Waals surface area (Å²) in [6.45, 7) is 6.77. The van der Waals surface area contributed by atoms with E-state index < -0.39 is 0 Å². The molecule has 2 aliphatic heterocycles. The number of ether oxygens (including phenoxy) is 1. The Hall–Kier alpha value is -3.31. The van der Waals surface area contributed by atoms with Crippen molar-refractivity contribution in [3.05, 3.63) is 102 Å². The summed E-state index contributed by atoms with van der Waals surface area (Å²) < 4.78 is 5.85. The Morgan fingerprint density at radius 1 is 0.861 bits per heavy atom. The summed E-state index contributed by atoms with van der Waals surface area (Å²) in [5.74, 6) is 0. The molecule has 0 bridgehead atoms. The number of piperidine rings is 1. The van der Waals surface area contributed by atoms with E-state index in [0.29, 0.717) is 12.6 Å². The smallest absolute Gasteiger partial charge is 0.409 e. The molecule has 0 aliphatic carbocycles. The number of nitrogens with zero attached hydrogens (tertiary/aromatic N) is 3. The monoisotopic (exact) mass is 483 g/mol. The minimum Gasteiger partial charge on any atom is -0.448 e. The number of rotatable bonds is 8. The number of carbonyl (C=O) groups is 1. The molecule has 188 valence electrons. The lowest BCUT2D eigenvalue weighted by Gasteiger charge is -2.38. The fourth-order valence-corrected chi connectivity index (χ4v) is 5.50. The van der Waals surface area contributed by atoms with Crippen molar-refractivity contribution in [1.29, 1.82) is 0 Å². The van der Waals surface area contributed by atoms with Crippen LogP contribution in [-0.4, -0.2) is 54.2 Å². The number of para-hydroxylation sites is 1. The molecule has 5 heteroatoms. The highest BCUT2D eigenvalue weighted by molar-refractivity contribution is 5.68. The van der Waals surface area contributed by atoms with Crippen LogP contribution in [0.15, 0.2) is 84.9 Å². The largest absolute Gasteiger partial charge is 0.448 e. The molecule has 0 aromatic heterocycles. The van der Waals surface area contributed by atoms with Crippen LogP contribution in [0.4, 0.5) is 10.5 Å². The van der Waals surface area contributed by atoms with Gasteiger partial charge in [0.15, 0.2) is 0 Å². The zero-order valence-corrected chi connectivity index (χ0v) is 21.3. The van der Waals surface area contributed by atoms with E-state index >= 15 is 0 Å². The fraction of sp³-hybridized carbons (Fsp3) is 0.387. The van der Waals surface area contributed by atoms with E-state index in [1.165, 1.54) is 22.4 Å². The molecule has 0 radical (unpaired) electrons. The van der Waals surface area contributed by atoms with Crippen LogP contribution in [0.2, 0.25) is 0 Å². The Morgan fingerprint density at radius 3 is 2.08 bits per heavy atom. The molecule has 5 rings (SSSR count). The van der Waals surface area contributed by atoms with Crippen LogP contribution in [0.1, 0.15) is 36.5 Å². The van der Waals surface area contributed by atoms with Crippen LogP contribution in [-0.2, 0) is 24.2 Å². The van der Waals surface area contributed by atoms with E-state index in [1.54, 1.807) is 0 Å². The second kappa shape index (κ2) is 11.6. The van der Waals surface area contributed by atoms with Gasteiger partial charge in [-0.2, -0.15) is 0 Å². The summed E-state index contributed by atoms with van der Waals surface area (Å²) in [5, 5.41) is 0. The van der Waals surface area contributed by atoms with Gasteiger partial charge in [-0.1, -0.05) is 78.9 Å². The van der Waals surface area contributed by atoms with Crippen LogP contribution in [0, 0.1) is 0 Å². The van der Waals surface area contributed by atoms with Crippen molar-refractivity contribution in [2.24, 2.45) is 0 Å². The molecule has 2 heterocycles. The number of benzene rings is 3. The minimum atomic E-state index is -0.179. The van der Waals surface area contributed by atoms with Gasteiger partial charge in [0.1, 0.15) is 6.61 Å². The van der Waals surface area contributed by atoms with E-state index in [0.717, 1.165) is 52.0 Å². The predicted molar refractivity (Wildman–Crippen MR) is 145 cm³/mol. The summed E-state index contributed by atoms with van der Waals surface area (Å²) in [4.78, 5) is 19.8. The van der Waals surface area contributed by atoms with Crippen LogP contribution in [0.3, 0.4) is 0 Å². The Kier molecular flexibility index (Phi) is 7.87. The van der Waals surface area contributed by atoms with Crippen molar-refractivity contribution >= 4 is 11.8 Å². The van der Waals surface area contributed by atoms with Crippen molar-refractivity contribution in [2.45, 2.75) is 51.4 Å². The average molecular weight is 484 g/mol. The van der Waals surface area contributed by atoms with Crippen molar-refractivity contribution in [3.8, 4) is 0 Å². The number of anilines is 1. The number of likely N-dealkylation sites (tertiary alicyclic amines) is 1. The van der Waals surface area contributed by atoms with Crippen molar-refractivity contribution in [2.75, 3.05) is 31.1 Å². The van der Waals surface area contributed by atoms with Crippen LogP contribution in [0.5, 0.6) is 0 Å². The third kappa shape index (κ3) is 5.90. The Morgan fingerprint density at radius 2 is 1.44 bits per heavy atom. The molecule has 1 atom stereocenters. The molecule has 1 saturated heterocycles. The average Bonchev–Trinajstić information content (AvgIpc) is 3.37. The maximum absolute atomic E-state index is 12.9.